The molecule has 0 aromatic heterocycles. The van der Waals surface area contributed by atoms with E-state index in [0.717, 1.165) is 22.6 Å². The van der Waals surface area contributed by atoms with Crippen molar-refractivity contribution in [2.45, 2.75) is 13.5 Å². The molecular weight excluding hydrogens is 338 g/mol. The molecule has 0 bridgehead atoms. The lowest BCUT2D eigenvalue weighted by molar-refractivity contribution is 0.284. The van der Waals surface area contributed by atoms with E-state index in [2.05, 4.69) is 4.99 Å². The number of hydrogen-bond acceptors (Lipinski definition) is 4. The van der Waals surface area contributed by atoms with Gasteiger partial charge in [0, 0.05) is 6.21 Å². The summed E-state index contributed by atoms with van der Waals surface area (Å²) in [7, 11) is 1.63. The average Bonchev–Trinajstić information content (AvgIpc) is 2.73. The first-order valence-electron chi connectivity index (χ1n) is 8.91. The van der Waals surface area contributed by atoms with Crippen molar-refractivity contribution < 1.29 is 14.2 Å². The van der Waals surface area contributed by atoms with Crippen molar-refractivity contribution in [3.8, 4) is 17.2 Å². The van der Waals surface area contributed by atoms with E-state index >= 15 is 0 Å². The van der Waals surface area contributed by atoms with Crippen LogP contribution in [-0.4, -0.2) is 19.9 Å². The topological polar surface area (TPSA) is 40.0 Å². The predicted molar refractivity (Wildman–Crippen MR) is 109 cm³/mol. The van der Waals surface area contributed by atoms with Gasteiger partial charge in [-0.2, -0.15) is 0 Å². The lowest BCUT2D eigenvalue weighted by atomic mass is 10.2. The van der Waals surface area contributed by atoms with Gasteiger partial charge in [0.25, 0.3) is 0 Å². The first-order chi connectivity index (χ1) is 13.3. The molecular formula is C23H23NO3. The predicted octanol–water partition coefficient (Wildman–Crippen LogP) is 5.42. The highest BCUT2D eigenvalue weighted by atomic mass is 16.5. The molecule has 3 aromatic rings. The number of benzene rings is 3. The minimum atomic E-state index is 0.492. The van der Waals surface area contributed by atoms with Gasteiger partial charge in [-0.25, -0.2) is 0 Å². The summed E-state index contributed by atoms with van der Waals surface area (Å²) < 4.78 is 17.0. The van der Waals surface area contributed by atoms with Crippen LogP contribution in [0.15, 0.2) is 77.8 Å². The van der Waals surface area contributed by atoms with Crippen molar-refractivity contribution in [2.75, 3.05) is 13.7 Å². The lowest BCUT2D eigenvalue weighted by Gasteiger charge is -2.11. The molecule has 0 heterocycles. The number of hydrogen-bond donors (Lipinski definition) is 0. The molecule has 0 amide bonds. The van der Waals surface area contributed by atoms with Crippen LogP contribution < -0.4 is 14.2 Å². The van der Waals surface area contributed by atoms with Gasteiger partial charge in [-0.3, -0.25) is 4.99 Å². The van der Waals surface area contributed by atoms with E-state index in [9.17, 15) is 0 Å². The van der Waals surface area contributed by atoms with Crippen molar-refractivity contribution in [2.24, 2.45) is 4.99 Å². The zero-order valence-electron chi connectivity index (χ0n) is 15.6. The summed E-state index contributed by atoms with van der Waals surface area (Å²) in [4.78, 5) is 4.55. The molecule has 0 aliphatic heterocycles. The molecule has 3 aromatic carbocycles. The first kappa shape index (κ1) is 18.5. The SMILES string of the molecule is CCOc1ccccc1N=Cc1ccc(OCc2ccccc2)c(OC)c1. The third kappa shape index (κ3) is 5.11. The van der Waals surface area contributed by atoms with Crippen molar-refractivity contribution in [1.29, 1.82) is 0 Å². The summed E-state index contributed by atoms with van der Waals surface area (Å²) in [5.41, 5.74) is 2.82. The Hall–Kier alpha value is -3.27. The van der Waals surface area contributed by atoms with Gasteiger partial charge < -0.3 is 14.2 Å². The highest BCUT2D eigenvalue weighted by Crippen LogP contribution is 2.30. The van der Waals surface area contributed by atoms with Gasteiger partial charge >= 0.3 is 0 Å². The second-order valence-corrected chi connectivity index (χ2v) is 5.84. The highest BCUT2D eigenvalue weighted by Gasteiger charge is 2.06. The molecule has 0 spiro atoms. The van der Waals surface area contributed by atoms with E-state index in [1.54, 1.807) is 13.3 Å². The van der Waals surface area contributed by atoms with E-state index in [0.29, 0.717) is 24.7 Å². The third-order valence-electron chi connectivity index (χ3n) is 3.94. The molecule has 0 atom stereocenters. The van der Waals surface area contributed by atoms with Crippen LogP contribution in [0.1, 0.15) is 18.1 Å². The molecule has 0 fully saturated rings. The number of aliphatic imine (C=N–C) groups is 1. The maximum Gasteiger partial charge on any atom is 0.161 e. The fourth-order valence-corrected chi connectivity index (χ4v) is 2.60. The molecule has 3 rings (SSSR count). The Morgan fingerprint density at radius 2 is 1.59 bits per heavy atom. The van der Waals surface area contributed by atoms with Crippen LogP contribution in [0.25, 0.3) is 0 Å². The molecule has 0 radical (unpaired) electrons. The summed E-state index contributed by atoms with van der Waals surface area (Å²) in [6, 6.07) is 23.5. The Kier molecular flexibility index (Phi) is 6.47. The van der Waals surface area contributed by atoms with E-state index in [4.69, 9.17) is 14.2 Å². The second-order valence-electron chi connectivity index (χ2n) is 5.84. The van der Waals surface area contributed by atoms with Gasteiger partial charge in [0.15, 0.2) is 11.5 Å². The summed E-state index contributed by atoms with van der Waals surface area (Å²) in [5, 5.41) is 0. The number of ether oxygens (including phenoxy) is 3. The standard InChI is InChI=1S/C23H23NO3/c1-3-26-21-12-8-7-11-20(21)24-16-19-13-14-22(23(15-19)25-2)27-17-18-9-5-4-6-10-18/h4-16H,3,17H2,1-2H3. The average molecular weight is 361 g/mol. The van der Waals surface area contributed by atoms with Gasteiger partial charge in [0.2, 0.25) is 0 Å². The fraction of sp³-hybridized carbons (Fsp3) is 0.174. The van der Waals surface area contributed by atoms with Gasteiger partial charge in [-0.1, -0.05) is 42.5 Å². The smallest absolute Gasteiger partial charge is 0.161 e. The molecule has 4 nitrogen and oxygen atoms in total. The van der Waals surface area contributed by atoms with Crippen LogP contribution in [0.4, 0.5) is 5.69 Å². The lowest BCUT2D eigenvalue weighted by Crippen LogP contribution is -1.98. The minimum Gasteiger partial charge on any atom is -0.493 e. The molecule has 0 saturated carbocycles. The van der Waals surface area contributed by atoms with Gasteiger partial charge in [-0.05, 0) is 48.4 Å². The van der Waals surface area contributed by atoms with Crippen LogP contribution >= 0.6 is 0 Å². The van der Waals surface area contributed by atoms with Crippen molar-refractivity contribution in [1.82, 2.24) is 0 Å². The highest BCUT2D eigenvalue weighted by molar-refractivity contribution is 5.83. The number of para-hydroxylation sites is 2. The zero-order chi connectivity index (χ0) is 18.9. The summed E-state index contributed by atoms with van der Waals surface area (Å²) >= 11 is 0. The molecule has 0 N–H and O–H groups in total. The molecule has 0 aliphatic rings. The molecule has 138 valence electrons. The third-order valence-corrected chi connectivity index (χ3v) is 3.94. The van der Waals surface area contributed by atoms with Gasteiger partial charge in [-0.15, -0.1) is 0 Å². The number of rotatable bonds is 8. The van der Waals surface area contributed by atoms with E-state index in [-0.39, 0.29) is 0 Å². The molecule has 4 heteroatoms. The van der Waals surface area contributed by atoms with Gasteiger partial charge in [0.1, 0.15) is 18.0 Å². The maximum atomic E-state index is 5.89. The normalized spacial score (nSPS) is 10.7. The van der Waals surface area contributed by atoms with Crippen molar-refractivity contribution >= 4 is 11.9 Å². The molecule has 0 saturated heterocycles. The van der Waals surface area contributed by atoms with E-state index in [1.165, 1.54) is 0 Å². The Bertz CT molecular complexity index is 891. The summed E-state index contributed by atoms with van der Waals surface area (Å²) in [6.45, 7) is 3.06. The van der Waals surface area contributed by atoms with Crippen molar-refractivity contribution in [3.05, 3.63) is 83.9 Å². The molecule has 0 aliphatic carbocycles. The van der Waals surface area contributed by atoms with Gasteiger partial charge in [0.05, 0.1) is 13.7 Å². The quantitative estimate of drug-likeness (QED) is 0.503. The van der Waals surface area contributed by atoms with Crippen LogP contribution in [0.3, 0.4) is 0 Å². The second kappa shape index (κ2) is 9.43. The van der Waals surface area contributed by atoms with E-state index < -0.39 is 0 Å². The van der Waals surface area contributed by atoms with Crippen molar-refractivity contribution in [3.63, 3.8) is 0 Å². The van der Waals surface area contributed by atoms with Crippen LogP contribution in [0.5, 0.6) is 17.2 Å². The minimum absolute atomic E-state index is 0.492. The monoisotopic (exact) mass is 361 g/mol. The maximum absolute atomic E-state index is 5.89. The number of nitrogens with zero attached hydrogens (tertiary/aromatic N) is 1. The Labute approximate surface area is 160 Å². The number of methoxy groups -OCH3 is 1. The zero-order valence-corrected chi connectivity index (χ0v) is 15.6. The summed E-state index contributed by atoms with van der Waals surface area (Å²) in [6.07, 6.45) is 1.79. The van der Waals surface area contributed by atoms with Crippen LogP contribution in [0, 0.1) is 0 Å². The molecule has 0 unspecified atom stereocenters. The first-order valence-corrected chi connectivity index (χ1v) is 8.91. The largest absolute Gasteiger partial charge is 0.493 e. The Morgan fingerprint density at radius 3 is 2.37 bits per heavy atom. The van der Waals surface area contributed by atoms with E-state index in [1.807, 2.05) is 79.7 Å². The Balaban J connectivity index is 1.74. The summed E-state index contributed by atoms with van der Waals surface area (Å²) in [5.74, 6) is 2.15. The Morgan fingerprint density at radius 1 is 0.815 bits per heavy atom. The van der Waals surface area contributed by atoms with Crippen LogP contribution in [0.2, 0.25) is 0 Å². The fourth-order valence-electron chi connectivity index (χ4n) is 2.60. The van der Waals surface area contributed by atoms with Crippen LogP contribution in [-0.2, 0) is 6.61 Å². The molecule has 27 heavy (non-hydrogen) atoms.